The number of aromatic nitrogens is 2. The second kappa shape index (κ2) is 9.14. The fraction of sp³-hybridized carbons (Fsp3) is 0.143. The van der Waals surface area contributed by atoms with E-state index in [1.165, 1.54) is 0 Å². The second-order valence-corrected chi connectivity index (χ2v) is 8.58. The number of fused-ring (bicyclic) bond motifs is 2. The number of rotatable bonds is 5. The van der Waals surface area contributed by atoms with E-state index in [1.54, 1.807) is 47.9 Å². The van der Waals surface area contributed by atoms with Gasteiger partial charge in [-0.3, -0.25) is 24.5 Å². The van der Waals surface area contributed by atoms with Crippen LogP contribution >= 0.6 is 0 Å². The number of pyridine rings is 2. The van der Waals surface area contributed by atoms with Crippen molar-refractivity contribution in [2.24, 2.45) is 0 Å². The normalized spacial score (nSPS) is 18.0. The number of benzene rings is 2. The molecular weight excluding hydrogens is 456 g/mol. The number of anilines is 1. The van der Waals surface area contributed by atoms with E-state index in [2.05, 4.69) is 15.3 Å². The second-order valence-electron chi connectivity index (χ2n) is 8.58. The van der Waals surface area contributed by atoms with Gasteiger partial charge >= 0.3 is 0 Å². The quantitative estimate of drug-likeness (QED) is 0.466. The molecule has 0 bridgehead atoms. The predicted molar refractivity (Wildman–Crippen MR) is 132 cm³/mol. The average molecular weight is 479 g/mol. The molecule has 0 aliphatic carbocycles. The molecular formula is C28H22N4O4. The third kappa shape index (κ3) is 3.82. The van der Waals surface area contributed by atoms with Gasteiger partial charge in [0.15, 0.2) is 11.5 Å². The minimum atomic E-state index is -0.671. The Morgan fingerprint density at radius 1 is 0.944 bits per heavy atom. The highest BCUT2D eigenvalue weighted by Crippen LogP contribution is 2.46. The van der Waals surface area contributed by atoms with Crippen LogP contribution in [0, 0.1) is 0 Å². The molecule has 0 fully saturated rings. The Kier molecular flexibility index (Phi) is 5.53. The molecule has 8 heteroatoms. The lowest BCUT2D eigenvalue weighted by atomic mass is 9.79. The van der Waals surface area contributed by atoms with Crippen LogP contribution in [0.2, 0.25) is 0 Å². The lowest BCUT2D eigenvalue weighted by Gasteiger charge is -2.41. The van der Waals surface area contributed by atoms with Gasteiger partial charge in [-0.2, -0.15) is 0 Å². The van der Waals surface area contributed by atoms with Crippen LogP contribution in [0.1, 0.15) is 39.0 Å². The Morgan fingerprint density at radius 3 is 2.61 bits per heavy atom. The molecule has 2 aliphatic heterocycles. The summed E-state index contributed by atoms with van der Waals surface area (Å²) >= 11 is 0. The minimum Gasteiger partial charge on any atom is -0.454 e. The van der Waals surface area contributed by atoms with Gasteiger partial charge in [0.25, 0.3) is 5.91 Å². The number of hydrogen-bond donors (Lipinski definition) is 1. The van der Waals surface area contributed by atoms with Gasteiger partial charge in [0.05, 0.1) is 12.0 Å². The van der Waals surface area contributed by atoms with E-state index in [4.69, 9.17) is 9.47 Å². The summed E-state index contributed by atoms with van der Waals surface area (Å²) in [6.45, 7) is 0.472. The maximum absolute atomic E-state index is 13.9. The fourth-order valence-corrected chi connectivity index (χ4v) is 4.83. The first kappa shape index (κ1) is 21.8. The summed E-state index contributed by atoms with van der Waals surface area (Å²) in [5.41, 5.74) is 3.46. The molecule has 1 N–H and O–H groups in total. The Labute approximate surface area is 207 Å². The van der Waals surface area contributed by atoms with Crippen molar-refractivity contribution in [3.63, 3.8) is 0 Å². The summed E-state index contributed by atoms with van der Waals surface area (Å²) in [5, 5.41) is 3.07. The monoisotopic (exact) mass is 478 g/mol. The number of amides is 2. The van der Waals surface area contributed by atoms with E-state index in [-0.39, 0.29) is 18.6 Å². The van der Waals surface area contributed by atoms with Crippen LogP contribution in [-0.2, 0) is 11.3 Å². The molecule has 36 heavy (non-hydrogen) atoms. The molecule has 4 heterocycles. The largest absolute Gasteiger partial charge is 0.454 e. The Bertz CT molecular complexity index is 1430. The molecule has 6 rings (SSSR count). The summed E-state index contributed by atoms with van der Waals surface area (Å²) in [5.74, 6) is 0.120. The van der Waals surface area contributed by atoms with Gasteiger partial charge in [0, 0.05) is 48.6 Å². The number of hydrogen-bond acceptors (Lipinski definition) is 6. The van der Waals surface area contributed by atoms with Gasteiger partial charge in [-0.25, -0.2) is 0 Å². The summed E-state index contributed by atoms with van der Waals surface area (Å²) in [6, 6.07) is 19.4. The molecule has 0 saturated heterocycles. The van der Waals surface area contributed by atoms with Crippen LogP contribution in [0.4, 0.5) is 5.69 Å². The topological polar surface area (TPSA) is 93.7 Å². The Hall–Kier alpha value is -4.72. The molecule has 178 valence electrons. The zero-order valence-electron chi connectivity index (χ0n) is 19.2. The fourth-order valence-electron chi connectivity index (χ4n) is 4.83. The molecule has 2 aromatic carbocycles. The van der Waals surface area contributed by atoms with Gasteiger partial charge in [-0.05, 0) is 53.1 Å². The standard InChI is InChI=1S/C28H22N4O4/c33-27(31-15-18-9-12-29-13-10-18)25-21-5-1-2-6-22(21)28(34)32(26(25)19-4-3-11-30-16-19)20-7-8-23-24(14-20)36-17-35-23/h1-14,16,25-26H,15,17H2,(H,31,33)/t25-,26-/m1/s1. The van der Waals surface area contributed by atoms with Crippen molar-refractivity contribution >= 4 is 17.5 Å². The van der Waals surface area contributed by atoms with E-state index in [0.717, 1.165) is 11.1 Å². The van der Waals surface area contributed by atoms with Crippen molar-refractivity contribution < 1.29 is 19.1 Å². The van der Waals surface area contributed by atoms with Crippen molar-refractivity contribution in [3.05, 3.63) is 114 Å². The lowest BCUT2D eigenvalue weighted by molar-refractivity contribution is -0.123. The number of nitrogens with zero attached hydrogens (tertiary/aromatic N) is 3. The van der Waals surface area contributed by atoms with E-state index in [9.17, 15) is 9.59 Å². The summed E-state index contributed by atoms with van der Waals surface area (Å²) in [6.07, 6.45) is 6.76. The van der Waals surface area contributed by atoms with Crippen LogP contribution < -0.4 is 19.7 Å². The number of ether oxygens (including phenoxy) is 2. The van der Waals surface area contributed by atoms with Crippen molar-refractivity contribution in [1.82, 2.24) is 15.3 Å². The van der Waals surface area contributed by atoms with E-state index >= 15 is 0 Å². The van der Waals surface area contributed by atoms with Gasteiger partial charge in [0.2, 0.25) is 12.7 Å². The zero-order chi connectivity index (χ0) is 24.5. The van der Waals surface area contributed by atoms with E-state index in [1.807, 2.05) is 48.5 Å². The number of nitrogens with one attached hydrogen (secondary N) is 1. The molecule has 2 atom stereocenters. The summed E-state index contributed by atoms with van der Waals surface area (Å²) in [7, 11) is 0. The van der Waals surface area contributed by atoms with Gasteiger partial charge < -0.3 is 14.8 Å². The van der Waals surface area contributed by atoms with Crippen LogP contribution in [-0.4, -0.2) is 28.6 Å². The maximum atomic E-state index is 13.9. The smallest absolute Gasteiger partial charge is 0.259 e. The zero-order valence-corrected chi connectivity index (χ0v) is 19.2. The third-order valence-corrected chi connectivity index (χ3v) is 6.50. The van der Waals surface area contributed by atoms with Gasteiger partial charge in [0.1, 0.15) is 0 Å². The molecule has 4 aromatic rings. The Balaban J connectivity index is 1.47. The molecule has 2 aliphatic rings. The molecule has 0 radical (unpaired) electrons. The number of carbonyl (C=O) groups is 2. The van der Waals surface area contributed by atoms with Gasteiger partial charge in [-0.15, -0.1) is 0 Å². The molecule has 0 spiro atoms. The van der Waals surface area contributed by atoms with Crippen molar-refractivity contribution in [2.45, 2.75) is 18.5 Å². The minimum absolute atomic E-state index is 0.127. The third-order valence-electron chi connectivity index (χ3n) is 6.50. The van der Waals surface area contributed by atoms with E-state index in [0.29, 0.717) is 34.9 Å². The van der Waals surface area contributed by atoms with Crippen molar-refractivity contribution in [3.8, 4) is 11.5 Å². The molecule has 8 nitrogen and oxygen atoms in total. The van der Waals surface area contributed by atoms with Crippen LogP contribution in [0.25, 0.3) is 0 Å². The maximum Gasteiger partial charge on any atom is 0.259 e. The molecule has 2 aromatic heterocycles. The first-order chi connectivity index (χ1) is 17.7. The van der Waals surface area contributed by atoms with Crippen LogP contribution in [0.15, 0.2) is 91.5 Å². The van der Waals surface area contributed by atoms with Gasteiger partial charge in [-0.1, -0.05) is 24.3 Å². The Morgan fingerprint density at radius 2 is 1.78 bits per heavy atom. The summed E-state index contributed by atoms with van der Waals surface area (Å²) < 4.78 is 11.0. The lowest BCUT2D eigenvalue weighted by Crippen LogP contribution is -2.47. The van der Waals surface area contributed by atoms with Crippen LogP contribution in [0.3, 0.4) is 0 Å². The van der Waals surface area contributed by atoms with Crippen molar-refractivity contribution in [1.29, 1.82) is 0 Å². The first-order valence-corrected chi connectivity index (χ1v) is 11.6. The highest BCUT2D eigenvalue weighted by atomic mass is 16.7. The summed E-state index contributed by atoms with van der Waals surface area (Å²) in [4.78, 5) is 37.8. The highest BCUT2D eigenvalue weighted by Gasteiger charge is 2.45. The predicted octanol–water partition coefficient (Wildman–Crippen LogP) is 4.01. The van der Waals surface area contributed by atoms with Crippen LogP contribution in [0.5, 0.6) is 11.5 Å². The average Bonchev–Trinajstić information content (AvgIpc) is 3.41. The number of carbonyl (C=O) groups excluding carboxylic acids is 2. The molecule has 0 saturated carbocycles. The molecule has 0 unspecified atom stereocenters. The SMILES string of the molecule is O=C(NCc1ccncc1)[C@@H]1c2ccccc2C(=O)N(c2ccc3c(c2)OCO3)[C@@H]1c1cccnc1. The van der Waals surface area contributed by atoms with Crippen molar-refractivity contribution in [2.75, 3.05) is 11.7 Å². The highest BCUT2D eigenvalue weighted by molar-refractivity contribution is 6.11. The van der Waals surface area contributed by atoms with E-state index < -0.39 is 12.0 Å². The first-order valence-electron chi connectivity index (χ1n) is 11.6. The molecule has 2 amide bonds.